The zero-order valence-electron chi connectivity index (χ0n) is 20.0. The molecule has 0 fully saturated rings. The van der Waals surface area contributed by atoms with Gasteiger partial charge < -0.3 is 19.5 Å². The number of aryl methyl sites for hydroxylation is 1. The quantitative estimate of drug-likeness (QED) is 0.285. The van der Waals surface area contributed by atoms with Gasteiger partial charge in [-0.2, -0.15) is 0 Å². The average Bonchev–Trinajstić information content (AvgIpc) is 2.89. The average molecular weight is 483 g/mol. The van der Waals surface area contributed by atoms with Gasteiger partial charge in [0.1, 0.15) is 5.75 Å². The highest BCUT2D eigenvalue weighted by Crippen LogP contribution is 2.39. The Balaban J connectivity index is 1.50. The molecular weight excluding hydrogens is 459 g/mol. The third-order valence-corrected chi connectivity index (χ3v) is 5.87. The third-order valence-electron chi connectivity index (χ3n) is 5.87. The number of nitrogens with one attached hydrogen (secondary N) is 1. The summed E-state index contributed by atoms with van der Waals surface area (Å²) in [5.41, 5.74) is 2.81. The van der Waals surface area contributed by atoms with Gasteiger partial charge in [0.05, 0.1) is 25.9 Å². The van der Waals surface area contributed by atoms with Gasteiger partial charge in [0.2, 0.25) is 0 Å². The van der Waals surface area contributed by atoms with Crippen LogP contribution >= 0.6 is 0 Å². The zero-order chi connectivity index (χ0) is 25.2. The molecule has 0 aliphatic heterocycles. The van der Waals surface area contributed by atoms with Gasteiger partial charge in [-0.05, 0) is 65.7 Å². The highest BCUT2D eigenvalue weighted by molar-refractivity contribution is 6.13. The lowest BCUT2D eigenvalue weighted by molar-refractivity contribution is 0.102. The molecule has 0 bridgehead atoms. The number of ether oxygens (including phenoxy) is 3. The SMILES string of the molecule is COc1cc2ncc(F)c(Oc3ccc4c(C(=O)Nc5cccc(C)c5)cccc4c3)c2cc1OC. The maximum Gasteiger partial charge on any atom is 0.256 e. The monoisotopic (exact) mass is 482 g/mol. The lowest BCUT2D eigenvalue weighted by Gasteiger charge is -2.14. The lowest BCUT2D eigenvalue weighted by atomic mass is 10.0. The fraction of sp³-hybridized carbons (Fsp3) is 0.103. The number of hydrogen-bond acceptors (Lipinski definition) is 5. The molecule has 1 heterocycles. The van der Waals surface area contributed by atoms with Gasteiger partial charge in [0, 0.05) is 22.7 Å². The summed E-state index contributed by atoms with van der Waals surface area (Å²) in [4.78, 5) is 17.2. The van der Waals surface area contributed by atoms with Crippen LogP contribution in [-0.2, 0) is 0 Å². The highest BCUT2D eigenvalue weighted by atomic mass is 19.1. The number of rotatable bonds is 6. The molecule has 0 saturated heterocycles. The highest BCUT2D eigenvalue weighted by Gasteiger charge is 2.17. The van der Waals surface area contributed by atoms with Gasteiger partial charge in [-0.25, -0.2) is 4.39 Å². The molecule has 0 aliphatic carbocycles. The Morgan fingerprint density at radius 2 is 1.67 bits per heavy atom. The number of hydrogen-bond donors (Lipinski definition) is 1. The molecule has 4 aromatic carbocycles. The van der Waals surface area contributed by atoms with Crippen LogP contribution in [-0.4, -0.2) is 25.1 Å². The summed E-state index contributed by atoms with van der Waals surface area (Å²) in [6, 6.07) is 21.6. The van der Waals surface area contributed by atoms with Gasteiger partial charge in [0.15, 0.2) is 23.1 Å². The molecule has 6 nitrogen and oxygen atoms in total. The van der Waals surface area contributed by atoms with E-state index < -0.39 is 5.82 Å². The van der Waals surface area contributed by atoms with Crippen molar-refractivity contribution in [3.8, 4) is 23.0 Å². The van der Waals surface area contributed by atoms with Crippen molar-refractivity contribution in [1.82, 2.24) is 4.98 Å². The van der Waals surface area contributed by atoms with E-state index in [2.05, 4.69) is 10.3 Å². The molecule has 0 atom stereocenters. The van der Waals surface area contributed by atoms with E-state index in [9.17, 15) is 9.18 Å². The van der Waals surface area contributed by atoms with E-state index in [0.717, 1.165) is 28.2 Å². The predicted octanol–water partition coefficient (Wildman–Crippen LogP) is 6.90. The summed E-state index contributed by atoms with van der Waals surface area (Å²) in [6.07, 6.45) is 1.11. The molecule has 5 rings (SSSR count). The van der Waals surface area contributed by atoms with Crippen molar-refractivity contribution >= 4 is 33.3 Å². The maximum atomic E-state index is 14.8. The maximum absolute atomic E-state index is 14.8. The normalized spacial score (nSPS) is 10.9. The summed E-state index contributed by atoms with van der Waals surface area (Å²) in [6.45, 7) is 1.97. The van der Waals surface area contributed by atoms with Crippen LogP contribution in [0.5, 0.6) is 23.0 Å². The first kappa shape index (κ1) is 23.1. The van der Waals surface area contributed by atoms with Gasteiger partial charge >= 0.3 is 0 Å². The number of carbonyl (C=O) groups is 1. The molecule has 5 aromatic rings. The van der Waals surface area contributed by atoms with Crippen LogP contribution in [0.3, 0.4) is 0 Å². The second kappa shape index (κ2) is 9.54. The van der Waals surface area contributed by atoms with Crippen LogP contribution in [0.4, 0.5) is 10.1 Å². The van der Waals surface area contributed by atoms with Gasteiger partial charge in [-0.1, -0.05) is 24.3 Å². The number of methoxy groups -OCH3 is 2. The smallest absolute Gasteiger partial charge is 0.256 e. The molecule has 36 heavy (non-hydrogen) atoms. The summed E-state index contributed by atoms with van der Waals surface area (Å²) < 4.78 is 31.5. The first-order chi connectivity index (χ1) is 17.5. The van der Waals surface area contributed by atoms with Crippen molar-refractivity contribution in [1.29, 1.82) is 0 Å². The van der Waals surface area contributed by atoms with Crippen LogP contribution in [0.15, 0.2) is 79.0 Å². The first-order valence-corrected chi connectivity index (χ1v) is 11.3. The number of halogens is 1. The van der Waals surface area contributed by atoms with Crippen LogP contribution in [0.25, 0.3) is 21.7 Å². The van der Waals surface area contributed by atoms with E-state index in [1.54, 1.807) is 42.5 Å². The number of amides is 1. The zero-order valence-corrected chi connectivity index (χ0v) is 20.0. The molecule has 1 aromatic heterocycles. The van der Waals surface area contributed by atoms with Crippen molar-refractivity contribution in [2.24, 2.45) is 0 Å². The molecule has 180 valence electrons. The second-order valence-corrected chi connectivity index (χ2v) is 8.27. The lowest BCUT2D eigenvalue weighted by Crippen LogP contribution is -2.12. The fourth-order valence-corrected chi connectivity index (χ4v) is 4.14. The Kier molecular flexibility index (Phi) is 6.12. The molecule has 7 heteroatoms. The fourth-order valence-electron chi connectivity index (χ4n) is 4.14. The van der Waals surface area contributed by atoms with Crippen molar-refractivity contribution in [2.45, 2.75) is 6.92 Å². The van der Waals surface area contributed by atoms with Gasteiger partial charge in [-0.15, -0.1) is 0 Å². The molecule has 0 saturated carbocycles. The van der Waals surface area contributed by atoms with Crippen LogP contribution in [0.1, 0.15) is 15.9 Å². The summed E-state index contributed by atoms with van der Waals surface area (Å²) in [7, 11) is 3.03. The second-order valence-electron chi connectivity index (χ2n) is 8.27. The number of nitrogens with zero attached hydrogens (tertiary/aromatic N) is 1. The first-order valence-electron chi connectivity index (χ1n) is 11.3. The molecule has 0 radical (unpaired) electrons. The molecule has 0 aliphatic rings. The van der Waals surface area contributed by atoms with Crippen molar-refractivity contribution in [2.75, 3.05) is 19.5 Å². The summed E-state index contributed by atoms with van der Waals surface area (Å²) in [5.74, 6) is 0.531. The number of benzene rings is 4. The minimum atomic E-state index is -0.610. The molecule has 1 N–H and O–H groups in total. The standard InChI is InChI=1S/C29H23FN2O4/c1-17-6-4-8-19(12-17)32-29(33)22-9-5-7-18-13-20(10-11-21(18)22)36-28-23-14-26(34-2)27(35-3)15-25(23)31-16-24(28)30/h4-16H,1-3H3,(H,32,33). The number of anilines is 1. The predicted molar refractivity (Wildman–Crippen MR) is 138 cm³/mol. The topological polar surface area (TPSA) is 69.7 Å². The van der Waals surface area contributed by atoms with E-state index in [-0.39, 0.29) is 11.7 Å². The van der Waals surface area contributed by atoms with E-state index in [1.807, 2.05) is 37.3 Å². The number of carbonyl (C=O) groups excluding carboxylic acids is 1. The van der Waals surface area contributed by atoms with Gasteiger partial charge in [-0.3, -0.25) is 9.78 Å². The minimum Gasteiger partial charge on any atom is -0.493 e. The van der Waals surface area contributed by atoms with Crippen LogP contribution < -0.4 is 19.5 Å². The molecule has 1 amide bonds. The molecule has 0 spiro atoms. The molecule has 0 unspecified atom stereocenters. The molecular formula is C29H23FN2O4. The van der Waals surface area contributed by atoms with E-state index in [1.165, 1.54) is 14.2 Å². The number of fused-ring (bicyclic) bond motifs is 2. The van der Waals surface area contributed by atoms with E-state index in [4.69, 9.17) is 14.2 Å². The van der Waals surface area contributed by atoms with Crippen molar-refractivity contribution < 1.29 is 23.4 Å². The third kappa shape index (κ3) is 4.38. The van der Waals surface area contributed by atoms with Crippen LogP contribution in [0.2, 0.25) is 0 Å². The Morgan fingerprint density at radius 1 is 0.889 bits per heavy atom. The van der Waals surface area contributed by atoms with Crippen molar-refractivity contribution in [3.05, 3.63) is 95.9 Å². The Bertz CT molecular complexity index is 1620. The Morgan fingerprint density at radius 3 is 2.44 bits per heavy atom. The van der Waals surface area contributed by atoms with Crippen molar-refractivity contribution in [3.63, 3.8) is 0 Å². The number of aromatic nitrogens is 1. The van der Waals surface area contributed by atoms with Gasteiger partial charge in [0.25, 0.3) is 5.91 Å². The number of pyridine rings is 1. The Hall–Kier alpha value is -4.65. The Labute approximate surface area is 207 Å². The van der Waals surface area contributed by atoms with E-state index >= 15 is 0 Å². The van der Waals surface area contributed by atoms with E-state index in [0.29, 0.717) is 33.7 Å². The minimum absolute atomic E-state index is 0.0219. The van der Waals surface area contributed by atoms with Crippen LogP contribution in [0, 0.1) is 12.7 Å². The summed E-state index contributed by atoms with van der Waals surface area (Å²) >= 11 is 0. The largest absolute Gasteiger partial charge is 0.493 e. The summed E-state index contributed by atoms with van der Waals surface area (Å²) in [5, 5.41) is 4.92.